The molecule has 0 aromatic heterocycles. The third-order valence-electron chi connectivity index (χ3n) is 4.83. The van der Waals surface area contributed by atoms with Gasteiger partial charge in [0.05, 0.1) is 6.42 Å². The lowest BCUT2D eigenvalue weighted by molar-refractivity contribution is -0.137. The number of carbonyl (C=O) groups is 1. The minimum absolute atomic E-state index is 0.106. The molecule has 3 aromatic rings. The average molecular weight is 391 g/mol. The summed E-state index contributed by atoms with van der Waals surface area (Å²) in [6.07, 6.45) is 0.771. The second-order valence-corrected chi connectivity index (χ2v) is 7.47. The second kappa shape index (κ2) is 9.99. The zero-order valence-corrected chi connectivity index (χ0v) is 16.6. The van der Waals surface area contributed by atoms with Crippen LogP contribution in [0.4, 0.5) is 4.39 Å². The van der Waals surface area contributed by atoms with Crippen LogP contribution in [0.25, 0.3) is 0 Å². The highest BCUT2D eigenvalue weighted by molar-refractivity contribution is 5.66. The first-order valence-electron chi connectivity index (χ1n) is 9.80. The van der Waals surface area contributed by atoms with E-state index in [0.717, 1.165) is 16.7 Å². The van der Waals surface area contributed by atoms with Gasteiger partial charge in [-0.1, -0.05) is 66.2 Å². The zero-order chi connectivity index (χ0) is 20.6. The van der Waals surface area contributed by atoms with E-state index in [1.165, 1.54) is 17.2 Å². The third-order valence-corrected chi connectivity index (χ3v) is 4.83. The third kappa shape index (κ3) is 6.84. The Morgan fingerprint density at radius 2 is 1.45 bits per heavy atom. The van der Waals surface area contributed by atoms with Gasteiger partial charge in [0.1, 0.15) is 5.82 Å². The summed E-state index contributed by atoms with van der Waals surface area (Å²) in [6, 6.07) is 23.2. The smallest absolute Gasteiger partial charge is 0.304 e. The molecule has 0 radical (unpaired) electrons. The van der Waals surface area contributed by atoms with E-state index in [0.29, 0.717) is 26.1 Å². The summed E-state index contributed by atoms with van der Waals surface area (Å²) in [7, 11) is 0. The van der Waals surface area contributed by atoms with Gasteiger partial charge in [-0.3, -0.25) is 9.69 Å². The van der Waals surface area contributed by atoms with Gasteiger partial charge in [0.15, 0.2) is 0 Å². The molecule has 3 nitrogen and oxygen atoms in total. The average Bonchev–Trinajstić information content (AvgIpc) is 2.66. The quantitative estimate of drug-likeness (QED) is 0.545. The standard InChI is InChI=1S/C25H26FNO2/c1-19-5-2-8-22(13-19)17-27(12-11-25(28)29)18-23-9-3-6-20(15-23)14-21-7-4-10-24(26)16-21/h2-10,13,15-16H,11-12,14,17-18H2,1H3,(H,28,29). The number of hydrogen-bond donors (Lipinski definition) is 1. The Labute approximate surface area is 171 Å². The first-order chi connectivity index (χ1) is 14.0. The van der Waals surface area contributed by atoms with E-state index < -0.39 is 5.97 Å². The van der Waals surface area contributed by atoms with E-state index in [-0.39, 0.29) is 12.2 Å². The van der Waals surface area contributed by atoms with E-state index in [1.54, 1.807) is 12.1 Å². The summed E-state index contributed by atoms with van der Waals surface area (Å²) in [6.45, 7) is 3.90. The maximum atomic E-state index is 13.5. The molecule has 0 amide bonds. The highest BCUT2D eigenvalue weighted by Crippen LogP contribution is 2.16. The molecule has 0 spiro atoms. The summed E-state index contributed by atoms with van der Waals surface area (Å²) in [4.78, 5) is 13.2. The largest absolute Gasteiger partial charge is 0.481 e. The van der Waals surface area contributed by atoms with Crippen LogP contribution in [0.1, 0.15) is 34.2 Å². The van der Waals surface area contributed by atoms with Crippen LogP contribution >= 0.6 is 0 Å². The molecular weight excluding hydrogens is 365 g/mol. The first-order valence-corrected chi connectivity index (χ1v) is 9.80. The molecule has 0 saturated heterocycles. The number of hydrogen-bond acceptors (Lipinski definition) is 2. The Kier molecular flexibility index (Phi) is 7.14. The van der Waals surface area contributed by atoms with Gasteiger partial charge in [-0.2, -0.15) is 0 Å². The monoisotopic (exact) mass is 391 g/mol. The van der Waals surface area contributed by atoms with Crippen LogP contribution in [0.3, 0.4) is 0 Å². The summed E-state index contributed by atoms with van der Waals surface area (Å²) in [5.74, 6) is -1.02. The van der Waals surface area contributed by atoms with Crippen molar-refractivity contribution in [2.45, 2.75) is 32.9 Å². The van der Waals surface area contributed by atoms with Crippen LogP contribution in [0.5, 0.6) is 0 Å². The van der Waals surface area contributed by atoms with E-state index in [9.17, 15) is 9.18 Å². The van der Waals surface area contributed by atoms with E-state index >= 15 is 0 Å². The molecule has 1 N–H and O–H groups in total. The topological polar surface area (TPSA) is 40.5 Å². The number of aliphatic carboxylic acids is 1. The molecule has 3 rings (SSSR count). The molecule has 0 unspecified atom stereocenters. The van der Waals surface area contributed by atoms with Crippen LogP contribution in [-0.2, 0) is 24.3 Å². The number of halogens is 1. The van der Waals surface area contributed by atoms with Crippen molar-refractivity contribution >= 4 is 5.97 Å². The molecule has 0 bridgehead atoms. The van der Waals surface area contributed by atoms with Crippen LogP contribution in [-0.4, -0.2) is 22.5 Å². The van der Waals surface area contributed by atoms with Crippen molar-refractivity contribution in [2.24, 2.45) is 0 Å². The minimum atomic E-state index is -0.793. The van der Waals surface area contributed by atoms with Crippen LogP contribution < -0.4 is 0 Å². The summed E-state index contributed by atoms with van der Waals surface area (Å²) in [5, 5.41) is 9.11. The lowest BCUT2D eigenvalue weighted by atomic mass is 10.0. The Hall–Kier alpha value is -2.98. The SMILES string of the molecule is Cc1cccc(CN(CCC(=O)O)Cc2cccc(Cc3cccc(F)c3)c2)c1. The maximum Gasteiger partial charge on any atom is 0.304 e. The predicted molar refractivity (Wildman–Crippen MR) is 113 cm³/mol. The van der Waals surface area contributed by atoms with Crippen LogP contribution in [0.2, 0.25) is 0 Å². The lowest BCUT2D eigenvalue weighted by Crippen LogP contribution is -2.25. The normalized spacial score (nSPS) is 11.0. The number of carboxylic acids is 1. The van der Waals surface area contributed by atoms with Gasteiger partial charge >= 0.3 is 5.97 Å². The Morgan fingerprint density at radius 1 is 0.862 bits per heavy atom. The molecular formula is C25H26FNO2. The van der Waals surface area contributed by atoms with Gasteiger partial charge in [-0.15, -0.1) is 0 Å². The van der Waals surface area contributed by atoms with Gasteiger partial charge in [0.25, 0.3) is 0 Å². The van der Waals surface area contributed by atoms with Gasteiger partial charge in [0.2, 0.25) is 0 Å². The highest BCUT2D eigenvalue weighted by atomic mass is 19.1. The fraction of sp³-hybridized carbons (Fsp3) is 0.240. The number of rotatable bonds is 9. The van der Waals surface area contributed by atoms with Crippen molar-refractivity contribution in [3.63, 3.8) is 0 Å². The van der Waals surface area contributed by atoms with E-state index in [4.69, 9.17) is 5.11 Å². The molecule has 0 aliphatic carbocycles. The molecule has 0 heterocycles. The highest BCUT2D eigenvalue weighted by Gasteiger charge is 2.10. The van der Waals surface area contributed by atoms with Crippen molar-refractivity contribution < 1.29 is 14.3 Å². The van der Waals surface area contributed by atoms with E-state index in [2.05, 4.69) is 42.2 Å². The molecule has 0 fully saturated rings. The van der Waals surface area contributed by atoms with Gasteiger partial charge in [0, 0.05) is 19.6 Å². The number of carboxylic acid groups (broad SMARTS) is 1. The van der Waals surface area contributed by atoms with Gasteiger partial charge in [-0.05, 0) is 47.7 Å². The Bertz CT molecular complexity index is 970. The van der Waals surface area contributed by atoms with Crippen LogP contribution in [0.15, 0.2) is 72.8 Å². The van der Waals surface area contributed by atoms with Crippen molar-refractivity contribution in [1.29, 1.82) is 0 Å². The Balaban J connectivity index is 1.73. The zero-order valence-electron chi connectivity index (χ0n) is 16.6. The van der Waals surface area contributed by atoms with E-state index in [1.807, 2.05) is 24.3 Å². The number of nitrogens with zero attached hydrogens (tertiary/aromatic N) is 1. The Morgan fingerprint density at radius 3 is 2.10 bits per heavy atom. The molecule has 0 atom stereocenters. The fourth-order valence-electron chi connectivity index (χ4n) is 3.52. The summed E-state index contributed by atoms with van der Waals surface area (Å²) >= 11 is 0. The molecule has 3 aromatic carbocycles. The lowest BCUT2D eigenvalue weighted by Gasteiger charge is -2.22. The molecule has 0 aliphatic heterocycles. The second-order valence-electron chi connectivity index (χ2n) is 7.47. The molecule has 0 saturated carbocycles. The number of aryl methyl sites for hydroxylation is 1. The maximum absolute atomic E-state index is 13.5. The van der Waals surface area contributed by atoms with Crippen molar-refractivity contribution in [2.75, 3.05) is 6.54 Å². The molecule has 0 aliphatic rings. The minimum Gasteiger partial charge on any atom is -0.481 e. The first kappa shape index (κ1) is 20.7. The molecule has 29 heavy (non-hydrogen) atoms. The van der Waals surface area contributed by atoms with Gasteiger partial charge < -0.3 is 5.11 Å². The van der Waals surface area contributed by atoms with Crippen molar-refractivity contribution in [1.82, 2.24) is 4.90 Å². The van der Waals surface area contributed by atoms with Crippen molar-refractivity contribution in [3.8, 4) is 0 Å². The molecule has 4 heteroatoms. The summed E-state index contributed by atoms with van der Waals surface area (Å²) in [5.41, 5.74) is 5.53. The van der Waals surface area contributed by atoms with Gasteiger partial charge in [-0.25, -0.2) is 4.39 Å². The fourth-order valence-corrected chi connectivity index (χ4v) is 3.52. The van der Waals surface area contributed by atoms with Crippen molar-refractivity contribution in [3.05, 3.63) is 106 Å². The molecule has 150 valence electrons. The number of benzene rings is 3. The summed E-state index contributed by atoms with van der Waals surface area (Å²) < 4.78 is 13.5. The predicted octanol–water partition coefficient (Wildman–Crippen LogP) is 5.20. The van der Waals surface area contributed by atoms with Crippen LogP contribution in [0, 0.1) is 12.7 Å².